The molecule has 1 atom stereocenters. The lowest BCUT2D eigenvalue weighted by atomic mass is 9.82. The standard InChI is InChI=1S/C18H26N2O3/c21-16-7-4-10-20(13-16)14-17(22)19-18(8-11-23-12-9-18)15-5-2-1-3-6-15/h1-3,5-6,16,21H,4,7-14H2,(H,19,22)/t16-/m0/s1. The van der Waals surface area contributed by atoms with Crippen LogP contribution in [0, 0.1) is 0 Å². The summed E-state index contributed by atoms with van der Waals surface area (Å²) >= 11 is 0. The van der Waals surface area contributed by atoms with Crippen molar-refractivity contribution in [1.29, 1.82) is 0 Å². The van der Waals surface area contributed by atoms with Crippen molar-refractivity contribution < 1.29 is 14.6 Å². The van der Waals surface area contributed by atoms with Gasteiger partial charge in [-0.25, -0.2) is 0 Å². The molecule has 1 aromatic rings. The van der Waals surface area contributed by atoms with Crippen molar-refractivity contribution >= 4 is 5.91 Å². The van der Waals surface area contributed by atoms with E-state index in [-0.39, 0.29) is 17.6 Å². The molecule has 126 valence electrons. The molecule has 5 heteroatoms. The molecule has 2 aliphatic rings. The fourth-order valence-electron chi connectivity index (χ4n) is 3.65. The van der Waals surface area contributed by atoms with Gasteiger partial charge >= 0.3 is 0 Å². The van der Waals surface area contributed by atoms with Crippen LogP contribution in [0.2, 0.25) is 0 Å². The third-order valence-corrected chi connectivity index (χ3v) is 4.90. The van der Waals surface area contributed by atoms with Gasteiger partial charge in [0.25, 0.3) is 0 Å². The number of benzene rings is 1. The van der Waals surface area contributed by atoms with Crippen LogP contribution in [-0.4, -0.2) is 54.9 Å². The van der Waals surface area contributed by atoms with Crippen molar-refractivity contribution in [3.8, 4) is 0 Å². The van der Waals surface area contributed by atoms with E-state index in [0.29, 0.717) is 26.3 Å². The lowest BCUT2D eigenvalue weighted by molar-refractivity contribution is -0.126. The molecule has 0 unspecified atom stereocenters. The van der Waals surface area contributed by atoms with E-state index in [9.17, 15) is 9.90 Å². The molecule has 0 spiro atoms. The topological polar surface area (TPSA) is 61.8 Å². The Hall–Kier alpha value is -1.43. The van der Waals surface area contributed by atoms with Gasteiger partial charge in [0.2, 0.25) is 5.91 Å². The van der Waals surface area contributed by atoms with Crippen LogP contribution >= 0.6 is 0 Å². The Morgan fingerprint density at radius 1 is 1.30 bits per heavy atom. The Balaban J connectivity index is 1.67. The highest BCUT2D eigenvalue weighted by Crippen LogP contribution is 2.32. The van der Waals surface area contributed by atoms with Gasteiger partial charge in [-0.3, -0.25) is 9.69 Å². The summed E-state index contributed by atoms with van der Waals surface area (Å²) < 4.78 is 5.50. The molecule has 2 N–H and O–H groups in total. The van der Waals surface area contributed by atoms with Gasteiger partial charge in [-0.1, -0.05) is 30.3 Å². The van der Waals surface area contributed by atoms with Crippen LogP contribution in [0.4, 0.5) is 0 Å². The first-order valence-corrected chi connectivity index (χ1v) is 8.53. The summed E-state index contributed by atoms with van der Waals surface area (Å²) in [6.45, 7) is 3.16. The highest BCUT2D eigenvalue weighted by Gasteiger charge is 2.36. The Morgan fingerprint density at radius 2 is 2.04 bits per heavy atom. The van der Waals surface area contributed by atoms with E-state index in [1.165, 1.54) is 0 Å². The predicted molar refractivity (Wildman–Crippen MR) is 88.0 cm³/mol. The quantitative estimate of drug-likeness (QED) is 0.877. The summed E-state index contributed by atoms with van der Waals surface area (Å²) in [7, 11) is 0. The maximum absolute atomic E-state index is 12.6. The number of hydrogen-bond donors (Lipinski definition) is 2. The van der Waals surface area contributed by atoms with Gasteiger partial charge < -0.3 is 15.2 Å². The van der Waals surface area contributed by atoms with Crippen LogP contribution in [0.15, 0.2) is 30.3 Å². The van der Waals surface area contributed by atoms with Gasteiger partial charge in [0.15, 0.2) is 0 Å². The number of likely N-dealkylation sites (tertiary alicyclic amines) is 1. The van der Waals surface area contributed by atoms with E-state index in [0.717, 1.165) is 37.8 Å². The summed E-state index contributed by atoms with van der Waals surface area (Å²) in [5.74, 6) is 0.0323. The fraction of sp³-hybridized carbons (Fsp3) is 0.611. The van der Waals surface area contributed by atoms with Crippen LogP contribution in [-0.2, 0) is 15.1 Å². The number of ether oxygens (including phenoxy) is 1. The third kappa shape index (κ3) is 4.10. The molecule has 5 nitrogen and oxygen atoms in total. The zero-order valence-corrected chi connectivity index (χ0v) is 13.5. The van der Waals surface area contributed by atoms with Crippen LogP contribution < -0.4 is 5.32 Å². The highest BCUT2D eigenvalue weighted by atomic mass is 16.5. The first kappa shape index (κ1) is 16.4. The minimum atomic E-state index is -0.328. The Kier molecular flexibility index (Phi) is 5.30. The Bertz CT molecular complexity index is 514. The lowest BCUT2D eigenvalue weighted by Gasteiger charge is -2.39. The molecule has 2 saturated heterocycles. The SMILES string of the molecule is O=C(CN1CCC[C@H](O)C1)NC1(c2ccccc2)CCOCC1. The minimum Gasteiger partial charge on any atom is -0.392 e. The van der Waals surface area contributed by atoms with Gasteiger partial charge in [0.05, 0.1) is 18.2 Å². The number of carbonyl (C=O) groups excluding carboxylic acids is 1. The van der Waals surface area contributed by atoms with Crippen LogP contribution in [0.1, 0.15) is 31.2 Å². The van der Waals surface area contributed by atoms with Crippen molar-refractivity contribution in [2.45, 2.75) is 37.3 Å². The molecule has 1 amide bonds. The van der Waals surface area contributed by atoms with Gasteiger partial charge in [-0.15, -0.1) is 0 Å². The largest absolute Gasteiger partial charge is 0.392 e. The highest BCUT2D eigenvalue weighted by molar-refractivity contribution is 5.79. The molecular weight excluding hydrogens is 292 g/mol. The van der Waals surface area contributed by atoms with E-state index in [2.05, 4.69) is 17.4 Å². The first-order valence-electron chi connectivity index (χ1n) is 8.53. The average molecular weight is 318 g/mol. The molecule has 2 heterocycles. The molecule has 0 aromatic heterocycles. The number of amides is 1. The van der Waals surface area contributed by atoms with Gasteiger partial charge in [0, 0.05) is 19.8 Å². The number of nitrogens with zero attached hydrogens (tertiary/aromatic N) is 1. The number of β-amino-alcohol motifs (C(OH)–C–C–N with tert-alkyl or cyclic N) is 1. The lowest BCUT2D eigenvalue weighted by Crippen LogP contribution is -2.53. The Morgan fingerprint density at radius 3 is 2.74 bits per heavy atom. The predicted octanol–water partition coefficient (Wildman–Crippen LogP) is 1.27. The molecule has 2 fully saturated rings. The first-order chi connectivity index (χ1) is 11.2. The number of aliphatic hydroxyl groups excluding tert-OH is 1. The monoisotopic (exact) mass is 318 g/mol. The summed E-state index contributed by atoms with van der Waals surface area (Å²) in [4.78, 5) is 14.6. The van der Waals surface area contributed by atoms with E-state index >= 15 is 0 Å². The number of hydrogen-bond acceptors (Lipinski definition) is 4. The zero-order chi connectivity index (χ0) is 16.1. The van der Waals surface area contributed by atoms with Crippen molar-refractivity contribution in [1.82, 2.24) is 10.2 Å². The molecule has 3 rings (SSSR count). The number of nitrogens with one attached hydrogen (secondary N) is 1. The molecule has 2 aliphatic heterocycles. The number of aliphatic hydroxyl groups is 1. The smallest absolute Gasteiger partial charge is 0.234 e. The molecule has 0 radical (unpaired) electrons. The normalized spacial score (nSPS) is 25.0. The van der Waals surface area contributed by atoms with Crippen molar-refractivity contribution in [3.05, 3.63) is 35.9 Å². The van der Waals surface area contributed by atoms with E-state index in [1.54, 1.807) is 0 Å². The van der Waals surface area contributed by atoms with Crippen LogP contribution in [0.25, 0.3) is 0 Å². The minimum absolute atomic E-state index is 0.0323. The third-order valence-electron chi connectivity index (χ3n) is 4.90. The molecule has 1 aromatic carbocycles. The van der Waals surface area contributed by atoms with Crippen molar-refractivity contribution in [2.24, 2.45) is 0 Å². The summed E-state index contributed by atoms with van der Waals surface area (Å²) in [6.07, 6.45) is 3.08. The molecule has 0 saturated carbocycles. The summed E-state index contributed by atoms with van der Waals surface area (Å²) in [5, 5.41) is 13.0. The molecule has 23 heavy (non-hydrogen) atoms. The fourth-order valence-corrected chi connectivity index (χ4v) is 3.65. The summed E-state index contributed by atoms with van der Waals surface area (Å²) in [5.41, 5.74) is 0.820. The number of carbonyl (C=O) groups is 1. The number of rotatable bonds is 4. The van der Waals surface area contributed by atoms with Gasteiger partial charge in [-0.05, 0) is 37.8 Å². The van der Waals surface area contributed by atoms with Crippen LogP contribution in [0.3, 0.4) is 0 Å². The van der Waals surface area contributed by atoms with Gasteiger partial charge in [-0.2, -0.15) is 0 Å². The van der Waals surface area contributed by atoms with E-state index in [1.807, 2.05) is 23.1 Å². The second-order valence-corrected chi connectivity index (χ2v) is 6.64. The Labute approximate surface area is 137 Å². The molecule has 0 aliphatic carbocycles. The molecular formula is C18H26N2O3. The average Bonchev–Trinajstić information content (AvgIpc) is 2.56. The van der Waals surface area contributed by atoms with Crippen molar-refractivity contribution in [3.63, 3.8) is 0 Å². The van der Waals surface area contributed by atoms with Crippen LogP contribution in [0.5, 0.6) is 0 Å². The maximum atomic E-state index is 12.6. The number of piperidine rings is 1. The zero-order valence-electron chi connectivity index (χ0n) is 13.5. The van der Waals surface area contributed by atoms with E-state index < -0.39 is 0 Å². The second-order valence-electron chi connectivity index (χ2n) is 6.64. The maximum Gasteiger partial charge on any atom is 0.234 e. The van der Waals surface area contributed by atoms with Crippen molar-refractivity contribution in [2.75, 3.05) is 32.8 Å². The second kappa shape index (κ2) is 7.43. The van der Waals surface area contributed by atoms with E-state index in [4.69, 9.17) is 4.74 Å². The molecule has 0 bridgehead atoms. The van der Waals surface area contributed by atoms with Gasteiger partial charge in [0.1, 0.15) is 0 Å². The summed E-state index contributed by atoms with van der Waals surface area (Å²) in [6, 6.07) is 10.2.